The number of anilines is 2. The van der Waals surface area contributed by atoms with E-state index in [1.165, 1.54) is 33.9 Å². The van der Waals surface area contributed by atoms with Crippen molar-refractivity contribution in [2.24, 2.45) is 0 Å². The molecule has 0 radical (unpaired) electrons. The summed E-state index contributed by atoms with van der Waals surface area (Å²) in [6.45, 7) is 4.57. The largest absolute Gasteiger partial charge is 0.476 e. The van der Waals surface area contributed by atoms with Crippen LogP contribution in [0.25, 0.3) is 5.65 Å². The topological polar surface area (TPSA) is 99.8 Å². The van der Waals surface area contributed by atoms with Crippen LogP contribution in [0.1, 0.15) is 53.1 Å². The second-order valence-electron chi connectivity index (χ2n) is 8.46. The lowest BCUT2D eigenvalue weighted by Gasteiger charge is -2.24. The van der Waals surface area contributed by atoms with E-state index in [1.807, 2.05) is 19.1 Å². The van der Waals surface area contributed by atoms with E-state index in [0.29, 0.717) is 28.6 Å². The smallest absolute Gasteiger partial charge is 0.356 e. The third-order valence-corrected chi connectivity index (χ3v) is 6.67. The zero-order valence-electron chi connectivity index (χ0n) is 18.9. The molecule has 5 rings (SSSR count). The van der Waals surface area contributed by atoms with Gasteiger partial charge in [0.05, 0.1) is 22.8 Å². The lowest BCUT2D eigenvalue weighted by molar-refractivity contribution is 0.0691. The summed E-state index contributed by atoms with van der Waals surface area (Å²) in [7, 11) is 0. The Balaban J connectivity index is 1.58. The second kappa shape index (κ2) is 8.87. The molecule has 178 valence electrons. The summed E-state index contributed by atoms with van der Waals surface area (Å²) in [5, 5.41) is 13.1. The Labute approximate surface area is 210 Å². The van der Waals surface area contributed by atoms with Gasteiger partial charge in [0, 0.05) is 24.4 Å². The number of pyridine rings is 2. The lowest BCUT2D eigenvalue weighted by atomic mass is 10.1. The molecule has 0 aliphatic carbocycles. The van der Waals surface area contributed by atoms with E-state index >= 15 is 0 Å². The Bertz CT molecular complexity index is 1540. The molecule has 35 heavy (non-hydrogen) atoms. The van der Waals surface area contributed by atoms with Gasteiger partial charge in [-0.3, -0.25) is 9.20 Å². The number of hydrogen-bond acceptors (Lipinski definition) is 6. The van der Waals surface area contributed by atoms with Gasteiger partial charge in [-0.15, -0.1) is 0 Å². The maximum atomic E-state index is 13.1. The number of aromatic carboxylic acids is 1. The summed E-state index contributed by atoms with van der Waals surface area (Å²) in [6, 6.07) is 14.1. The summed E-state index contributed by atoms with van der Waals surface area (Å²) < 4.78 is 1.41. The van der Waals surface area contributed by atoms with Crippen LogP contribution in [0.3, 0.4) is 0 Å². The van der Waals surface area contributed by atoms with Gasteiger partial charge in [-0.2, -0.15) is 0 Å². The Morgan fingerprint density at radius 2 is 1.94 bits per heavy atom. The number of rotatable bonds is 5. The van der Waals surface area contributed by atoms with Gasteiger partial charge in [0.1, 0.15) is 16.6 Å². The SMILES string of the molecule is C[C@@H]1c2ccccc2CN1c1cc(=O)n2cc(Cl)cc([C@@H](C)Nc3ccc(Cl)nc3C(=O)O)c2n1. The second-order valence-corrected chi connectivity index (χ2v) is 9.29. The minimum Gasteiger partial charge on any atom is -0.476 e. The van der Waals surface area contributed by atoms with Gasteiger partial charge in [0.2, 0.25) is 0 Å². The lowest BCUT2D eigenvalue weighted by Crippen LogP contribution is -2.25. The van der Waals surface area contributed by atoms with E-state index in [0.717, 1.165) is 0 Å². The number of carboxylic acids is 1. The van der Waals surface area contributed by atoms with Gasteiger partial charge >= 0.3 is 5.97 Å². The first-order valence-corrected chi connectivity index (χ1v) is 11.7. The molecule has 0 amide bonds. The molecule has 0 saturated heterocycles. The summed E-state index contributed by atoms with van der Waals surface area (Å²) in [6.07, 6.45) is 1.53. The molecule has 4 heterocycles. The van der Waals surface area contributed by atoms with Crippen molar-refractivity contribution >= 4 is 46.3 Å². The van der Waals surface area contributed by atoms with Crippen LogP contribution >= 0.6 is 23.2 Å². The van der Waals surface area contributed by atoms with Crippen LogP contribution < -0.4 is 15.8 Å². The number of nitrogens with one attached hydrogen (secondary N) is 1. The highest BCUT2D eigenvalue weighted by atomic mass is 35.5. The number of nitrogens with zero attached hydrogens (tertiary/aromatic N) is 4. The first kappa shape index (κ1) is 23.1. The highest BCUT2D eigenvalue weighted by Crippen LogP contribution is 2.36. The van der Waals surface area contributed by atoms with Crippen molar-refractivity contribution in [2.75, 3.05) is 10.2 Å². The van der Waals surface area contributed by atoms with Crippen LogP contribution in [-0.2, 0) is 6.54 Å². The van der Waals surface area contributed by atoms with E-state index in [9.17, 15) is 14.7 Å². The number of hydrogen-bond donors (Lipinski definition) is 2. The number of aromatic nitrogens is 3. The molecule has 0 spiro atoms. The van der Waals surface area contributed by atoms with Crippen LogP contribution in [0.2, 0.25) is 10.2 Å². The summed E-state index contributed by atoms with van der Waals surface area (Å²) in [5.41, 5.74) is 3.29. The third-order valence-electron chi connectivity index (χ3n) is 6.25. The van der Waals surface area contributed by atoms with Gasteiger partial charge in [-0.25, -0.2) is 14.8 Å². The van der Waals surface area contributed by atoms with Crippen molar-refractivity contribution in [3.8, 4) is 0 Å². The maximum Gasteiger partial charge on any atom is 0.356 e. The molecule has 3 aromatic heterocycles. The van der Waals surface area contributed by atoms with Crippen molar-refractivity contribution in [2.45, 2.75) is 32.5 Å². The molecule has 1 aliphatic heterocycles. The predicted octanol–water partition coefficient (Wildman–Crippen LogP) is 5.35. The minimum atomic E-state index is -1.21. The maximum absolute atomic E-state index is 13.1. The highest BCUT2D eigenvalue weighted by Gasteiger charge is 2.28. The Kier molecular flexibility index (Phi) is 5.86. The Hall–Kier alpha value is -3.62. The summed E-state index contributed by atoms with van der Waals surface area (Å²) in [4.78, 5) is 35.7. The molecule has 2 atom stereocenters. The molecule has 4 aromatic rings. The zero-order chi connectivity index (χ0) is 24.9. The fourth-order valence-electron chi connectivity index (χ4n) is 4.53. The molecule has 0 fully saturated rings. The van der Waals surface area contributed by atoms with E-state index in [2.05, 4.69) is 34.3 Å². The van der Waals surface area contributed by atoms with Crippen molar-refractivity contribution in [3.63, 3.8) is 0 Å². The van der Waals surface area contributed by atoms with E-state index < -0.39 is 12.0 Å². The number of benzene rings is 1. The number of halogens is 2. The first-order valence-electron chi connectivity index (χ1n) is 11.0. The molecular weight excluding hydrogens is 489 g/mol. The Morgan fingerprint density at radius 1 is 1.17 bits per heavy atom. The number of carbonyl (C=O) groups is 1. The van der Waals surface area contributed by atoms with E-state index in [4.69, 9.17) is 28.2 Å². The van der Waals surface area contributed by atoms with Crippen LogP contribution in [-0.4, -0.2) is 25.4 Å². The molecule has 0 saturated carbocycles. The molecular formula is C25H21Cl2N5O3. The average molecular weight is 510 g/mol. The molecule has 0 unspecified atom stereocenters. The van der Waals surface area contributed by atoms with Gasteiger partial charge in [-0.1, -0.05) is 47.5 Å². The first-order chi connectivity index (χ1) is 16.7. The van der Waals surface area contributed by atoms with E-state index in [1.54, 1.807) is 12.1 Å². The summed E-state index contributed by atoms with van der Waals surface area (Å²) >= 11 is 12.2. The highest BCUT2D eigenvalue weighted by molar-refractivity contribution is 6.30. The van der Waals surface area contributed by atoms with Crippen molar-refractivity contribution in [1.29, 1.82) is 0 Å². The third kappa shape index (κ3) is 4.19. The van der Waals surface area contributed by atoms with Crippen molar-refractivity contribution < 1.29 is 9.90 Å². The van der Waals surface area contributed by atoms with Crippen LogP contribution in [0.5, 0.6) is 0 Å². The van der Waals surface area contributed by atoms with Crippen LogP contribution in [0.4, 0.5) is 11.5 Å². The Morgan fingerprint density at radius 3 is 2.69 bits per heavy atom. The van der Waals surface area contributed by atoms with Gasteiger partial charge in [0.25, 0.3) is 5.56 Å². The van der Waals surface area contributed by atoms with Gasteiger partial charge < -0.3 is 15.3 Å². The molecule has 8 nitrogen and oxygen atoms in total. The minimum absolute atomic E-state index is 0.0603. The fourth-order valence-corrected chi connectivity index (χ4v) is 4.89. The number of fused-ring (bicyclic) bond motifs is 2. The van der Waals surface area contributed by atoms with Crippen LogP contribution in [0, 0.1) is 0 Å². The quantitative estimate of drug-likeness (QED) is 0.349. The average Bonchev–Trinajstić information content (AvgIpc) is 3.16. The molecule has 1 aromatic carbocycles. The summed E-state index contributed by atoms with van der Waals surface area (Å²) in [5.74, 6) is -0.647. The van der Waals surface area contributed by atoms with Gasteiger partial charge in [-0.05, 0) is 43.2 Å². The molecule has 2 N–H and O–H groups in total. The van der Waals surface area contributed by atoms with E-state index in [-0.39, 0.29) is 28.1 Å². The predicted molar refractivity (Wildman–Crippen MR) is 136 cm³/mol. The van der Waals surface area contributed by atoms with Crippen molar-refractivity contribution in [3.05, 3.63) is 97.6 Å². The fraction of sp³-hybridized carbons (Fsp3) is 0.200. The van der Waals surface area contributed by atoms with Gasteiger partial charge in [0.15, 0.2) is 5.69 Å². The number of carboxylic acid groups (broad SMARTS) is 1. The normalized spacial score (nSPS) is 15.8. The van der Waals surface area contributed by atoms with Crippen LogP contribution in [0.15, 0.2) is 59.5 Å². The monoisotopic (exact) mass is 509 g/mol. The van der Waals surface area contributed by atoms with Crippen molar-refractivity contribution in [1.82, 2.24) is 14.4 Å². The molecule has 1 aliphatic rings. The molecule has 10 heteroatoms. The molecule has 0 bridgehead atoms. The zero-order valence-corrected chi connectivity index (χ0v) is 20.4. The standard InChI is InChI=1S/C25H21Cl2N5O3/c1-13(28-19-7-8-20(27)29-23(19)25(34)35)18-9-16(26)12-32-22(33)10-21(30-24(18)32)31-11-15-5-3-4-6-17(15)14(31)2/h3-10,12-14,28H,11H2,1-2H3,(H,34,35)/t13-,14-/m1/s1.